The second-order valence-electron chi connectivity index (χ2n) is 26.3. The molecule has 16 nitrogen and oxygen atoms in total. The van der Waals surface area contributed by atoms with E-state index in [0.717, 1.165) is 89.8 Å². The van der Waals surface area contributed by atoms with Gasteiger partial charge in [-0.2, -0.15) is 21.0 Å². The molecular formula is C89H70BrCl4F3N12O4. The molecule has 24 heteroatoms. The van der Waals surface area contributed by atoms with E-state index < -0.39 is 46.6 Å². The molecule has 8 aromatic carbocycles. The number of halogens is 8. The van der Waals surface area contributed by atoms with Crippen LogP contribution in [-0.4, -0.2) is 63.2 Å². The van der Waals surface area contributed by atoms with Crippen LogP contribution in [0, 0.1) is 97.4 Å². The van der Waals surface area contributed by atoms with Gasteiger partial charge >= 0.3 is 0 Å². The summed E-state index contributed by atoms with van der Waals surface area (Å²) in [6.45, 7) is 12.5. The number of rotatable bonds is 19. The van der Waals surface area contributed by atoms with Crippen molar-refractivity contribution in [1.82, 2.24) is 41.2 Å². The van der Waals surface area contributed by atoms with Crippen molar-refractivity contribution < 1.29 is 32.3 Å². The molecule has 0 saturated heterocycles. The second-order valence-corrected chi connectivity index (χ2v) is 28.9. The average molecular weight is 1650 g/mol. The van der Waals surface area contributed by atoms with Crippen molar-refractivity contribution in [2.75, 3.05) is 19.6 Å². The number of nitrogens with one attached hydrogen (secondary N) is 4. The van der Waals surface area contributed by atoms with Gasteiger partial charge in [-0.15, -0.1) is 0 Å². The van der Waals surface area contributed by atoms with Crippen LogP contribution in [-0.2, 0) is 5.41 Å². The predicted molar refractivity (Wildman–Crippen MR) is 435 cm³/mol. The second kappa shape index (κ2) is 40.0. The van der Waals surface area contributed by atoms with E-state index in [1.165, 1.54) is 36.4 Å². The van der Waals surface area contributed by atoms with Crippen LogP contribution >= 0.6 is 62.3 Å². The maximum atomic E-state index is 13.9. The molecule has 4 heterocycles. The van der Waals surface area contributed by atoms with Crippen molar-refractivity contribution in [2.45, 2.75) is 64.8 Å². The van der Waals surface area contributed by atoms with E-state index >= 15 is 0 Å². The largest absolute Gasteiger partial charge is 0.351 e. The summed E-state index contributed by atoms with van der Waals surface area (Å²) in [5.41, 5.74) is 12.2. The molecule has 12 aromatic rings. The Kier molecular flexibility index (Phi) is 30.0. The van der Waals surface area contributed by atoms with Crippen molar-refractivity contribution in [3.05, 3.63) is 396 Å². The Balaban J connectivity index is 0.000000173. The summed E-state index contributed by atoms with van der Waals surface area (Å²) in [6.07, 6.45) is 7.03. The summed E-state index contributed by atoms with van der Waals surface area (Å²) in [7, 11) is 0. The highest BCUT2D eigenvalue weighted by Gasteiger charge is 2.32. The average Bonchev–Trinajstić information content (AvgIpc) is 0.800. The molecule has 0 aliphatic carbocycles. The molecule has 113 heavy (non-hydrogen) atoms. The topological polar surface area (TPSA) is 263 Å². The summed E-state index contributed by atoms with van der Waals surface area (Å²) in [5.74, 6) is -3.98. The Morgan fingerprint density at radius 3 is 1.16 bits per heavy atom. The first-order valence-corrected chi connectivity index (χ1v) is 37.2. The monoisotopic (exact) mass is 1650 g/mol. The zero-order valence-corrected chi connectivity index (χ0v) is 66.2. The highest BCUT2D eigenvalue weighted by Crippen LogP contribution is 2.33. The van der Waals surface area contributed by atoms with Crippen LogP contribution in [0.1, 0.15) is 161 Å². The first-order valence-electron chi connectivity index (χ1n) is 34.9. The number of hydrogen-bond acceptors (Lipinski definition) is 12. The van der Waals surface area contributed by atoms with Gasteiger partial charge in [-0.1, -0.05) is 113 Å². The van der Waals surface area contributed by atoms with E-state index in [-0.39, 0.29) is 64.2 Å². The van der Waals surface area contributed by atoms with E-state index in [0.29, 0.717) is 43.5 Å². The van der Waals surface area contributed by atoms with E-state index in [4.69, 9.17) is 67.5 Å². The van der Waals surface area contributed by atoms with Gasteiger partial charge in [0.2, 0.25) is 0 Å². The fraction of sp³-hybridized carbons (Fsp3) is 0.146. The molecule has 0 saturated carbocycles. The molecule has 4 atom stereocenters. The third-order valence-electron chi connectivity index (χ3n) is 18.1. The molecule has 4 N–H and O–H groups in total. The van der Waals surface area contributed by atoms with Gasteiger partial charge in [-0.05, 0) is 253 Å². The van der Waals surface area contributed by atoms with Gasteiger partial charge in [0.1, 0.15) is 35.7 Å². The number of amides is 4. The smallest absolute Gasteiger partial charge is 0.252 e. The van der Waals surface area contributed by atoms with Crippen molar-refractivity contribution in [2.24, 2.45) is 0 Å². The highest BCUT2D eigenvalue weighted by molar-refractivity contribution is 9.10. The van der Waals surface area contributed by atoms with Crippen molar-refractivity contribution in [1.29, 1.82) is 21.0 Å². The van der Waals surface area contributed by atoms with Crippen LogP contribution in [0.15, 0.2) is 242 Å². The lowest BCUT2D eigenvalue weighted by molar-refractivity contribution is 0.0935. The Labute approximate surface area is 681 Å². The van der Waals surface area contributed by atoms with E-state index in [1.807, 2.05) is 139 Å². The number of carbonyl (C=O) groups is 4. The Morgan fingerprint density at radius 2 is 0.788 bits per heavy atom. The minimum Gasteiger partial charge on any atom is -0.351 e. The Bertz CT molecular complexity index is 5280. The quantitative estimate of drug-likeness (QED) is 0.0589. The van der Waals surface area contributed by atoms with Crippen LogP contribution in [0.25, 0.3) is 0 Å². The lowest BCUT2D eigenvalue weighted by Crippen LogP contribution is -2.40. The minimum absolute atomic E-state index is 0.0960. The summed E-state index contributed by atoms with van der Waals surface area (Å²) in [4.78, 5) is 68.5. The Morgan fingerprint density at radius 1 is 0.416 bits per heavy atom. The van der Waals surface area contributed by atoms with Crippen molar-refractivity contribution >= 4 is 86.0 Å². The summed E-state index contributed by atoms with van der Waals surface area (Å²) < 4.78 is 42.4. The maximum Gasteiger partial charge on any atom is 0.252 e. The first kappa shape index (κ1) is 84.6. The number of benzene rings is 8. The molecule has 12 rings (SSSR count). The lowest BCUT2D eigenvalue weighted by Gasteiger charge is -2.30. The standard InChI is InChI=1S/C23H19ClFN3O.C23H20ClN3O.C22H17ClFN3O.C21H14BrClFN3O/c1-15-3-10-21(27-13-15)23(2,18-6-8-19(24)9-7-18)14-28-22(29)16-4-5-17(12-26)20(25)11-16;1-15-3-10-22(26-13-15)21(17-6-8-20(24)9-7-17)14-27-23(28)18-4-5-19(12-25)16(2)11-18;1-14-2-9-21(26-12-14)19(15-5-7-18(23)8-6-15)13-27-22(28)16-3-4-17(11-25)20(24)10-16;1-12-8-16(22)11-26-19(12)20(13-4-6-17(23)7-5-13)27-21(28)14-2-3-15(10-25)18(24)9-14/h3-11,13H,14H2,1-2H3,(H,28,29);3-11,13,21H,14H2,1-2H3,(H,27,28);2-10,12,19H,13H2,1H3,(H,27,28);2-9,11,20H,1H3,(H,27,28)/t;;;20-/m...1/s1. The highest BCUT2D eigenvalue weighted by atomic mass is 79.9. The lowest BCUT2D eigenvalue weighted by atomic mass is 9.78. The van der Waals surface area contributed by atoms with Crippen LogP contribution in [0.3, 0.4) is 0 Å². The summed E-state index contributed by atoms with van der Waals surface area (Å²) >= 11 is 27.4. The van der Waals surface area contributed by atoms with Crippen LogP contribution < -0.4 is 21.3 Å². The molecule has 4 amide bonds. The normalized spacial score (nSPS) is 11.8. The van der Waals surface area contributed by atoms with Crippen LogP contribution in [0.5, 0.6) is 0 Å². The SMILES string of the molecule is Cc1cc(Br)cnc1[C@H](NC(=O)c1ccc(C#N)c(F)c1)c1ccc(Cl)cc1.Cc1ccc(C(C)(CNC(=O)c2ccc(C#N)c(F)c2)c2ccc(Cl)cc2)nc1.Cc1ccc(C(CNC(=O)c2ccc(C#N)c(C)c2)c2ccc(Cl)cc2)nc1.Cc1ccc(C(CNC(=O)c2ccc(C#N)c(F)c2)c2ccc(Cl)cc2)nc1. The zero-order chi connectivity index (χ0) is 81.5. The Hall–Kier alpha value is -12.4. The molecule has 3 unspecified atom stereocenters. The van der Waals surface area contributed by atoms with E-state index in [2.05, 4.69) is 63.2 Å². The van der Waals surface area contributed by atoms with E-state index in [1.54, 1.807) is 104 Å². The van der Waals surface area contributed by atoms with Crippen molar-refractivity contribution in [3.63, 3.8) is 0 Å². The number of aryl methyl sites for hydroxylation is 5. The number of aromatic nitrogens is 4. The molecular weight excluding hydrogens is 1580 g/mol. The number of nitriles is 4. The van der Waals surface area contributed by atoms with Gasteiger partial charge in [0.05, 0.1) is 51.2 Å². The molecule has 0 spiro atoms. The molecule has 0 aliphatic heterocycles. The molecule has 0 radical (unpaired) electrons. The van der Waals surface area contributed by atoms with Gasteiger partial charge in [0.25, 0.3) is 23.6 Å². The third kappa shape index (κ3) is 23.1. The number of nitrogens with zero attached hydrogens (tertiary/aromatic N) is 8. The van der Waals surface area contributed by atoms with E-state index in [9.17, 15) is 32.3 Å². The van der Waals surface area contributed by atoms with Crippen LogP contribution in [0.4, 0.5) is 13.2 Å². The van der Waals surface area contributed by atoms with Gasteiger partial charge in [0, 0.05) is 114 Å². The number of pyridine rings is 4. The predicted octanol–water partition coefficient (Wildman–Crippen LogP) is 19.5. The van der Waals surface area contributed by atoms with Crippen LogP contribution in [0.2, 0.25) is 20.1 Å². The molecule has 4 aromatic heterocycles. The molecule has 0 aliphatic rings. The molecule has 0 fully saturated rings. The molecule has 0 bridgehead atoms. The fourth-order valence-corrected chi connectivity index (χ4v) is 12.6. The van der Waals surface area contributed by atoms with Gasteiger partial charge in [-0.25, -0.2) is 13.2 Å². The minimum atomic E-state index is -0.740. The third-order valence-corrected chi connectivity index (χ3v) is 19.6. The summed E-state index contributed by atoms with van der Waals surface area (Å²) in [5, 5.41) is 49.6. The summed E-state index contributed by atoms with van der Waals surface area (Å²) in [6, 6.07) is 66.2. The molecule has 566 valence electrons. The first-order chi connectivity index (χ1) is 54.2. The maximum absolute atomic E-state index is 13.9. The number of hydrogen-bond donors (Lipinski definition) is 4. The van der Waals surface area contributed by atoms with Gasteiger partial charge in [0.15, 0.2) is 0 Å². The van der Waals surface area contributed by atoms with Gasteiger partial charge in [-0.3, -0.25) is 39.1 Å². The van der Waals surface area contributed by atoms with Crippen molar-refractivity contribution in [3.8, 4) is 24.3 Å². The van der Waals surface area contributed by atoms with Gasteiger partial charge < -0.3 is 21.3 Å². The number of carbonyl (C=O) groups excluding carboxylic acids is 4. The zero-order valence-electron chi connectivity index (χ0n) is 61.6. The fourth-order valence-electron chi connectivity index (χ4n) is 11.7.